The van der Waals surface area contributed by atoms with Crippen molar-refractivity contribution in [3.63, 3.8) is 0 Å². The smallest absolute Gasteiger partial charge is 0.352 e. The molecule has 3 aromatic heterocycles. The Balaban J connectivity index is 1.39. The van der Waals surface area contributed by atoms with Gasteiger partial charge >= 0.3 is 5.97 Å². The van der Waals surface area contributed by atoms with E-state index in [0.717, 1.165) is 22.3 Å². The van der Waals surface area contributed by atoms with Gasteiger partial charge in [0, 0.05) is 71.5 Å². The minimum Gasteiger partial charge on any atom is -0.493 e. The third-order valence-electron chi connectivity index (χ3n) is 9.31. The van der Waals surface area contributed by atoms with Gasteiger partial charge in [0.2, 0.25) is 0 Å². The van der Waals surface area contributed by atoms with Crippen LogP contribution in [0.5, 0.6) is 5.75 Å². The molecule has 13 heteroatoms. The maximum atomic E-state index is 16.0. The zero-order valence-corrected chi connectivity index (χ0v) is 28.9. The molecule has 0 saturated heterocycles. The van der Waals surface area contributed by atoms with Gasteiger partial charge in [0.25, 0.3) is 5.92 Å². The quantitative estimate of drug-likeness (QED) is 0.185. The van der Waals surface area contributed by atoms with Gasteiger partial charge in [-0.2, -0.15) is 10.2 Å². The molecule has 6 aromatic rings. The Hall–Kier alpha value is -4.42. The summed E-state index contributed by atoms with van der Waals surface area (Å²) in [6, 6.07) is 11.9. The van der Waals surface area contributed by atoms with Gasteiger partial charge < -0.3 is 14.4 Å². The van der Waals surface area contributed by atoms with E-state index in [-0.39, 0.29) is 23.6 Å². The average molecular weight is 708 g/mol. The molecule has 0 saturated carbocycles. The van der Waals surface area contributed by atoms with Gasteiger partial charge in [0.05, 0.1) is 35.0 Å². The SMILES string of the molecule is Cc1c2c(nn1C)CSCc1cc(n(C)n1)CC(F)(F)c1cc(c3ccc(F)cc3c1)OCCCc1c(C(=O)O)n(C)c3c-2c(Cl)ccc13. The number of aryl methyl sites for hydroxylation is 4. The number of benzene rings is 3. The minimum atomic E-state index is -3.31. The van der Waals surface area contributed by atoms with Gasteiger partial charge in [-0.05, 0) is 73.2 Å². The number of carbonyl (C=O) groups is 1. The van der Waals surface area contributed by atoms with E-state index in [9.17, 15) is 14.3 Å². The second kappa shape index (κ2) is 12.5. The zero-order valence-electron chi connectivity index (χ0n) is 27.3. The molecule has 254 valence electrons. The molecule has 3 aromatic carbocycles. The van der Waals surface area contributed by atoms with Gasteiger partial charge in [0.15, 0.2) is 0 Å². The standard InChI is InChI=1S/C36H33ClF3N5O3S/c1-19-31-29(42-44(19)3)18-49-17-23-15-24(45(4)41-23)16-36(39,40)21-12-20-13-22(38)7-8-25(20)30(14-21)48-11-5-6-26-27-9-10-28(37)32(31)33(27)43(2)34(26)35(46)47/h7-10,12-15H,5-6,11,16-18H2,1-4H3,(H,46,47). The van der Waals surface area contributed by atoms with E-state index in [4.69, 9.17) is 21.4 Å². The lowest BCUT2D eigenvalue weighted by molar-refractivity contribution is -0.00571. The third-order valence-corrected chi connectivity index (χ3v) is 10.6. The van der Waals surface area contributed by atoms with Gasteiger partial charge in [0.1, 0.15) is 17.3 Å². The number of alkyl halides is 2. The Morgan fingerprint density at radius 2 is 1.78 bits per heavy atom. The highest BCUT2D eigenvalue weighted by molar-refractivity contribution is 7.97. The van der Waals surface area contributed by atoms with E-state index in [1.165, 1.54) is 35.0 Å². The summed E-state index contributed by atoms with van der Waals surface area (Å²) in [5.41, 5.74) is 5.30. The molecule has 1 N–H and O–H groups in total. The molecule has 0 radical (unpaired) electrons. The fraction of sp³-hybridized carbons (Fsp3) is 0.306. The molecule has 0 unspecified atom stereocenters. The number of ether oxygens (including phenoxy) is 1. The molecule has 7 rings (SSSR count). The van der Waals surface area contributed by atoms with Crippen LogP contribution in [0.4, 0.5) is 13.2 Å². The normalized spacial score (nSPS) is 15.3. The molecular formula is C36H33ClF3N5O3S. The number of hydrogen-bond donors (Lipinski definition) is 1. The summed E-state index contributed by atoms with van der Waals surface area (Å²) >= 11 is 8.47. The van der Waals surface area contributed by atoms with E-state index in [1.54, 1.807) is 47.2 Å². The Morgan fingerprint density at radius 1 is 1.00 bits per heavy atom. The van der Waals surface area contributed by atoms with Crippen molar-refractivity contribution >= 4 is 51.0 Å². The second-order valence-corrected chi connectivity index (χ2v) is 13.8. The van der Waals surface area contributed by atoms with Crippen molar-refractivity contribution in [2.75, 3.05) is 6.61 Å². The predicted molar refractivity (Wildman–Crippen MR) is 185 cm³/mol. The molecule has 1 aliphatic heterocycles. The van der Waals surface area contributed by atoms with E-state index >= 15 is 8.78 Å². The number of aromatic nitrogens is 5. The summed E-state index contributed by atoms with van der Waals surface area (Å²) in [6.07, 6.45) is 0.105. The zero-order chi connectivity index (χ0) is 34.8. The van der Waals surface area contributed by atoms with Crippen LogP contribution in [0.1, 0.15) is 50.8 Å². The molecule has 1 aliphatic rings. The summed E-state index contributed by atoms with van der Waals surface area (Å²) < 4.78 is 57.4. The number of rotatable bonds is 1. The fourth-order valence-electron chi connectivity index (χ4n) is 6.92. The van der Waals surface area contributed by atoms with E-state index < -0.39 is 24.1 Å². The highest BCUT2D eigenvalue weighted by atomic mass is 35.5. The molecule has 49 heavy (non-hydrogen) atoms. The lowest BCUT2D eigenvalue weighted by Gasteiger charge is -2.19. The second-order valence-electron chi connectivity index (χ2n) is 12.5. The van der Waals surface area contributed by atoms with Gasteiger partial charge in [-0.15, -0.1) is 11.8 Å². The first-order valence-corrected chi connectivity index (χ1v) is 17.3. The summed E-state index contributed by atoms with van der Waals surface area (Å²) in [5.74, 6) is -3.83. The molecule has 0 fully saturated rings. The van der Waals surface area contributed by atoms with Gasteiger partial charge in [-0.1, -0.05) is 17.7 Å². The van der Waals surface area contributed by atoms with Crippen molar-refractivity contribution < 1.29 is 27.8 Å². The number of nitrogens with zero attached hydrogens (tertiary/aromatic N) is 5. The van der Waals surface area contributed by atoms with Crippen molar-refractivity contribution in [3.05, 3.63) is 99.0 Å². The Labute approximate surface area is 289 Å². The maximum absolute atomic E-state index is 16.0. The maximum Gasteiger partial charge on any atom is 0.352 e. The monoisotopic (exact) mass is 707 g/mol. The summed E-state index contributed by atoms with van der Waals surface area (Å²) in [4.78, 5) is 12.7. The first-order chi connectivity index (χ1) is 23.3. The van der Waals surface area contributed by atoms with Crippen LogP contribution >= 0.6 is 23.4 Å². The van der Waals surface area contributed by atoms with Crippen LogP contribution in [-0.2, 0) is 51.4 Å². The minimum absolute atomic E-state index is 0.103. The topological polar surface area (TPSA) is 87.1 Å². The number of thioether (sulfide) groups is 1. The first-order valence-electron chi connectivity index (χ1n) is 15.7. The third kappa shape index (κ3) is 5.84. The largest absolute Gasteiger partial charge is 0.493 e. The van der Waals surface area contributed by atoms with E-state index in [2.05, 4.69) is 5.10 Å². The van der Waals surface area contributed by atoms with Crippen LogP contribution in [0.15, 0.2) is 48.5 Å². The van der Waals surface area contributed by atoms with Crippen molar-refractivity contribution in [1.82, 2.24) is 24.1 Å². The Kier molecular flexibility index (Phi) is 8.43. The molecule has 0 atom stereocenters. The average Bonchev–Trinajstić information content (AvgIpc) is 3.63. The summed E-state index contributed by atoms with van der Waals surface area (Å²) in [6.45, 7) is 2.05. The van der Waals surface area contributed by atoms with Crippen LogP contribution in [-0.4, -0.2) is 41.8 Å². The van der Waals surface area contributed by atoms with E-state index in [1.807, 2.05) is 20.0 Å². The van der Waals surface area contributed by atoms with Crippen molar-refractivity contribution in [1.29, 1.82) is 0 Å². The fourth-order valence-corrected chi connectivity index (χ4v) is 8.02. The number of carboxylic acid groups (broad SMARTS) is 1. The number of hydrogen-bond acceptors (Lipinski definition) is 5. The molecule has 8 bridgehead atoms. The molecule has 0 spiro atoms. The van der Waals surface area contributed by atoms with Crippen molar-refractivity contribution in [2.45, 2.75) is 43.6 Å². The molecule has 4 heterocycles. The van der Waals surface area contributed by atoms with Crippen LogP contribution in [0.2, 0.25) is 5.02 Å². The highest BCUT2D eigenvalue weighted by Crippen LogP contribution is 2.43. The predicted octanol–water partition coefficient (Wildman–Crippen LogP) is 8.36. The molecule has 0 amide bonds. The van der Waals surface area contributed by atoms with Crippen LogP contribution in [0.25, 0.3) is 32.8 Å². The summed E-state index contributed by atoms with van der Waals surface area (Å²) in [5, 5.41) is 21.7. The lowest BCUT2D eigenvalue weighted by atomic mass is 9.98. The number of aromatic carboxylic acids is 1. The molecule has 0 aliphatic carbocycles. The van der Waals surface area contributed by atoms with Crippen molar-refractivity contribution in [2.24, 2.45) is 21.1 Å². The number of halogens is 4. The molecular weight excluding hydrogens is 675 g/mol. The number of fused-ring (bicyclic) bond motifs is 8. The number of carboxylic acids is 1. The van der Waals surface area contributed by atoms with Crippen molar-refractivity contribution in [3.8, 4) is 16.9 Å². The van der Waals surface area contributed by atoms with E-state index in [0.29, 0.717) is 68.2 Å². The lowest BCUT2D eigenvalue weighted by Crippen LogP contribution is -2.19. The highest BCUT2D eigenvalue weighted by Gasteiger charge is 2.35. The molecule has 8 nitrogen and oxygen atoms in total. The first kappa shape index (κ1) is 33.1. The van der Waals surface area contributed by atoms with Crippen LogP contribution < -0.4 is 4.74 Å². The van der Waals surface area contributed by atoms with Gasteiger partial charge in [-0.3, -0.25) is 9.36 Å². The van der Waals surface area contributed by atoms with Gasteiger partial charge in [-0.25, -0.2) is 18.0 Å². The Bertz CT molecular complexity index is 2290. The summed E-state index contributed by atoms with van der Waals surface area (Å²) in [7, 11) is 5.22. The Morgan fingerprint density at radius 3 is 2.55 bits per heavy atom. The van der Waals surface area contributed by atoms with Crippen LogP contribution in [0, 0.1) is 12.7 Å². The van der Waals surface area contributed by atoms with Crippen LogP contribution in [0.3, 0.4) is 0 Å².